The largest absolute Gasteiger partial charge is 0.493 e. The van der Waals surface area contributed by atoms with Gasteiger partial charge >= 0.3 is 0 Å². The molecule has 0 N–H and O–H groups in total. The molecule has 3 aromatic rings. The van der Waals surface area contributed by atoms with Gasteiger partial charge in [0.25, 0.3) is 11.1 Å². The summed E-state index contributed by atoms with van der Waals surface area (Å²) >= 11 is 10.2. The minimum Gasteiger partial charge on any atom is -0.493 e. The number of thioether (sulfide) groups is 1. The Balaban J connectivity index is 1.59. The van der Waals surface area contributed by atoms with Crippen LogP contribution in [0.25, 0.3) is 6.08 Å². The molecule has 0 saturated carbocycles. The third-order valence-electron chi connectivity index (χ3n) is 4.79. The van der Waals surface area contributed by atoms with E-state index in [0.29, 0.717) is 37.8 Å². The number of hydrogen-bond acceptors (Lipinski definition) is 5. The van der Waals surface area contributed by atoms with Gasteiger partial charge in [-0.3, -0.25) is 9.59 Å². The molecule has 0 radical (unpaired) electrons. The summed E-state index contributed by atoms with van der Waals surface area (Å²) in [5, 5.41) is 0.108. The van der Waals surface area contributed by atoms with Crippen LogP contribution in [0.5, 0.6) is 11.5 Å². The predicted octanol–water partition coefficient (Wildman–Crippen LogP) is 7.07. The van der Waals surface area contributed by atoms with Crippen molar-refractivity contribution >= 4 is 62.2 Å². The first-order chi connectivity index (χ1) is 15.9. The number of methoxy groups -OCH3 is 1. The molecule has 0 unspecified atom stereocenters. The molecule has 3 aromatic carbocycles. The average Bonchev–Trinajstić information content (AvgIpc) is 3.08. The Bertz CT molecular complexity index is 1270. The molecule has 4 rings (SSSR count). The minimum atomic E-state index is -0.432. The number of carbonyl (C=O) groups excluding carboxylic acids is 2. The van der Waals surface area contributed by atoms with Crippen molar-refractivity contribution in [3.05, 3.63) is 92.0 Å². The molecular formula is C24H16BrClFNO4S. The number of anilines is 1. The van der Waals surface area contributed by atoms with Crippen LogP contribution in [0.4, 0.5) is 14.9 Å². The van der Waals surface area contributed by atoms with Gasteiger partial charge in [-0.25, -0.2) is 9.29 Å². The van der Waals surface area contributed by atoms with Gasteiger partial charge in [-0.15, -0.1) is 0 Å². The SMILES string of the molecule is COc1cc(/C=C2/SC(=O)N(c3ccc(Cl)cc3)C2=O)c(Br)cc1OCc1ccccc1F. The fourth-order valence-corrected chi connectivity index (χ4v) is 4.52. The number of benzene rings is 3. The van der Waals surface area contributed by atoms with Crippen LogP contribution in [0.1, 0.15) is 11.1 Å². The van der Waals surface area contributed by atoms with Gasteiger partial charge < -0.3 is 9.47 Å². The summed E-state index contributed by atoms with van der Waals surface area (Å²) in [6, 6.07) is 16.2. The average molecular weight is 549 g/mol. The van der Waals surface area contributed by atoms with Gasteiger partial charge in [0, 0.05) is 15.1 Å². The Morgan fingerprint density at radius 1 is 1.09 bits per heavy atom. The summed E-state index contributed by atoms with van der Waals surface area (Å²) in [6.07, 6.45) is 1.61. The van der Waals surface area contributed by atoms with E-state index < -0.39 is 11.1 Å². The van der Waals surface area contributed by atoms with Crippen molar-refractivity contribution < 1.29 is 23.5 Å². The molecule has 1 heterocycles. The van der Waals surface area contributed by atoms with Crippen molar-refractivity contribution in [2.24, 2.45) is 0 Å². The molecule has 5 nitrogen and oxygen atoms in total. The van der Waals surface area contributed by atoms with E-state index in [4.69, 9.17) is 21.1 Å². The van der Waals surface area contributed by atoms with Crippen molar-refractivity contribution in [1.82, 2.24) is 0 Å². The zero-order chi connectivity index (χ0) is 23.5. The molecule has 0 atom stereocenters. The summed E-state index contributed by atoms with van der Waals surface area (Å²) in [7, 11) is 1.48. The van der Waals surface area contributed by atoms with Crippen LogP contribution in [0, 0.1) is 5.82 Å². The highest BCUT2D eigenvalue weighted by atomic mass is 79.9. The van der Waals surface area contributed by atoms with Crippen LogP contribution < -0.4 is 14.4 Å². The summed E-state index contributed by atoms with van der Waals surface area (Å²) in [5.74, 6) is 0.0124. The van der Waals surface area contributed by atoms with Crippen LogP contribution in [0.2, 0.25) is 5.02 Å². The van der Waals surface area contributed by atoms with Gasteiger partial charge in [-0.2, -0.15) is 0 Å². The molecule has 1 fully saturated rings. The zero-order valence-corrected chi connectivity index (χ0v) is 20.3. The molecular weight excluding hydrogens is 533 g/mol. The molecule has 9 heteroatoms. The fourth-order valence-electron chi connectivity index (χ4n) is 3.13. The lowest BCUT2D eigenvalue weighted by molar-refractivity contribution is -0.113. The van der Waals surface area contributed by atoms with Gasteiger partial charge in [0.05, 0.1) is 17.7 Å². The first-order valence-corrected chi connectivity index (χ1v) is 11.6. The van der Waals surface area contributed by atoms with Crippen molar-refractivity contribution in [1.29, 1.82) is 0 Å². The number of ether oxygens (including phenoxy) is 2. The maximum absolute atomic E-state index is 13.9. The first-order valence-electron chi connectivity index (χ1n) is 9.64. The fraction of sp³-hybridized carbons (Fsp3) is 0.0833. The second-order valence-corrected chi connectivity index (χ2v) is 9.18. The Kier molecular flexibility index (Phi) is 7.07. The number of hydrogen-bond donors (Lipinski definition) is 0. The quantitative estimate of drug-likeness (QED) is 0.308. The highest BCUT2D eigenvalue weighted by Gasteiger charge is 2.36. The molecule has 168 valence electrons. The maximum Gasteiger partial charge on any atom is 0.298 e. The maximum atomic E-state index is 13.9. The number of carbonyl (C=O) groups is 2. The molecule has 2 amide bonds. The van der Waals surface area contributed by atoms with E-state index >= 15 is 0 Å². The number of nitrogens with zero attached hydrogens (tertiary/aromatic N) is 1. The Hall–Kier alpha value is -2.81. The molecule has 0 aliphatic carbocycles. The van der Waals surface area contributed by atoms with Crippen LogP contribution in [-0.4, -0.2) is 18.3 Å². The van der Waals surface area contributed by atoms with E-state index in [9.17, 15) is 14.0 Å². The Morgan fingerprint density at radius 3 is 2.52 bits per heavy atom. The summed E-state index contributed by atoms with van der Waals surface area (Å²) < 4.78 is 25.7. The predicted molar refractivity (Wildman–Crippen MR) is 131 cm³/mol. The number of halogens is 3. The second-order valence-electron chi connectivity index (χ2n) is 6.90. The van der Waals surface area contributed by atoms with E-state index in [2.05, 4.69) is 15.9 Å². The highest BCUT2D eigenvalue weighted by Crippen LogP contribution is 2.39. The van der Waals surface area contributed by atoms with Crippen molar-refractivity contribution in [3.63, 3.8) is 0 Å². The lowest BCUT2D eigenvalue weighted by atomic mass is 10.1. The Labute approximate surface area is 207 Å². The van der Waals surface area contributed by atoms with Crippen LogP contribution in [0.15, 0.2) is 70.0 Å². The smallest absolute Gasteiger partial charge is 0.298 e. The number of imide groups is 1. The Morgan fingerprint density at radius 2 is 1.82 bits per heavy atom. The number of rotatable bonds is 6. The number of amides is 2. The highest BCUT2D eigenvalue weighted by molar-refractivity contribution is 9.10. The van der Waals surface area contributed by atoms with Crippen molar-refractivity contribution in [2.45, 2.75) is 6.61 Å². The van der Waals surface area contributed by atoms with E-state index in [-0.39, 0.29) is 17.3 Å². The molecule has 1 saturated heterocycles. The lowest BCUT2D eigenvalue weighted by Gasteiger charge is -2.14. The van der Waals surface area contributed by atoms with Gasteiger partial charge in [0.1, 0.15) is 12.4 Å². The second kappa shape index (κ2) is 9.99. The van der Waals surface area contributed by atoms with Crippen LogP contribution in [-0.2, 0) is 11.4 Å². The van der Waals surface area contributed by atoms with E-state index in [1.165, 1.54) is 13.2 Å². The first kappa shape index (κ1) is 23.4. The van der Waals surface area contributed by atoms with E-state index in [1.807, 2.05) is 0 Å². The third kappa shape index (κ3) is 5.08. The zero-order valence-electron chi connectivity index (χ0n) is 17.2. The summed E-state index contributed by atoms with van der Waals surface area (Å²) in [6.45, 7) is 0.0226. The normalized spacial score (nSPS) is 14.8. The molecule has 0 bridgehead atoms. The summed E-state index contributed by atoms with van der Waals surface area (Å²) in [4.78, 5) is 26.8. The van der Waals surface area contributed by atoms with Gasteiger partial charge in [0.2, 0.25) is 0 Å². The standard InChI is InChI=1S/C24H16BrClFNO4S/c1-31-20-10-15(18(25)12-21(20)32-13-14-4-2-3-5-19(14)27)11-22-23(29)28(24(30)33-22)17-8-6-16(26)7-9-17/h2-12H,13H2,1H3/b22-11+. The van der Waals surface area contributed by atoms with Gasteiger partial charge in [-0.1, -0.05) is 45.7 Å². The minimum absolute atomic E-state index is 0.0226. The van der Waals surface area contributed by atoms with Crippen molar-refractivity contribution in [2.75, 3.05) is 12.0 Å². The molecule has 1 aliphatic rings. The topological polar surface area (TPSA) is 55.8 Å². The van der Waals surface area contributed by atoms with E-state index in [0.717, 1.165) is 16.7 Å². The molecule has 0 spiro atoms. The van der Waals surface area contributed by atoms with E-state index in [1.54, 1.807) is 60.7 Å². The molecule has 0 aromatic heterocycles. The monoisotopic (exact) mass is 547 g/mol. The molecule has 33 heavy (non-hydrogen) atoms. The summed E-state index contributed by atoms with van der Waals surface area (Å²) in [5.41, 5.74) is 1.47. The van der Waals surface area contributed by atoms with Crippen molar-refractivity contribution in [3.8, 4) is 11.5 Å². The van der Waals surface area contributed by atoms with Gasteiger partial charge in [-0.05, 0) is 65.9 Å². The van der Waals surface area contributed by atoms with Crippen LogP contribution >= 0.6 is 39.3 Å². The van der Waals surface area contributed by atoms with Gasteiger partial charge in [0.15, 0.2) is 11.5 Å². The molecule has 1 aliphatic heterocycles. The lowest BCUT2D eigenvalue weighted by Crippen LogP contribution is -2.27. The van der Waals surface area contributed by atoms with Crippen LogP contribution in [0.3, 0.4) is 0 Å². The third-order valence-corrected chi connectivity index (χ3v) is 6.60.